The van der Waals surface area contributed by atoms with Crippen molar-refractivity contribution >= 4 is 23.5 Å². The van der Waals surface area contributed by atoms with Gasteiger partial charge in [-0.2, -0.15) is 0 Å². The van der Waals surface area contributed by atoms with Crippen molar-refractivity contribution in [2.24, 2.45) is 0 Å². The zero-order valence-corrected chi connectivity index (χ0v) is 11.9. The lowest BCUT2D eigenvalue weighted by molar-refractivity contribution is -0.143. The van der Waals surface area contributed by atoms with Crippen LogP contribution in [0.25, 0.3) is 0 Å². The molecule has 1 fully saturated rings. The molecule has 0 radical (unpaired) electrons. The summed E-state index contributed by atoms with van der Waals surface area (Å²) in [7, 11) is 2.67. The van der Waals surface area contributed by atoms with Crippen molar-refractivity contribution in [1.82, 2.24) is 10.6 Å². The minimum absolute atomic E-state index is 0.211. The van der Waals surface area contributed by atoms with Crippen molar-refractivity contribution in [1.29, 1.82) is 0 Å². The number of methoxy groups -OCH3 is 2. The van der Waals surface area contributed by atoms with Gasteiger partial charge in [0, 0.05) is 12.1 Å². The van der Waals surface area contributed by atoms with Crippen LogP contribution in [0.3, 0.4) is 0 Å². The lowest BCUT2D eigenvalue weighted by atomic mass is 10.1. The van der Waals surface area contributed by atoms with Crippen LogP contribution in [0.2, 0.25) is 5.02 Å². The van der Waals surface area contributed by atoms with E-state index in [9.17, 15) is 9.59 Å². The van der Waals surface area contributed by atoms with Gasteiger partial charge < -0.3 is 14.8 Å². The molecule has 0 saturated carbocycles. The second-order valence-electron chi connectivity index (χ2n) is 4.30. The number of carbonyl (C=O) groups is 2. The van der Waals surface area contributed by atoms with E-state index in [-0.39, 0.29) is 12.6 Å². The third-order valence-corrected chi connectivity index (χ3v) is 3.52. The molecule has 0 unspecified atom stereocenters. The van der Waals surface area contributed by atoms with Gasteiger partial charge in [0.25, 0.3) is 5.91 Å². The summed E-state index contributed by atoms with van der Waals surface area (Å²) in [6.45, 7) is -0.211. The van der Waals surface area contributed by atoms with Gasteiger partial charge in [0.05, 0.1) is 13.2 Å². The van der Waals surface area contributed by atoms with Crippen LogP contribution in [0.5, 0.6) is 0 Å². The van der Waals surface area contributed by atoms with Gasteiger partial charge in [-0.1, -0.05) is 29.8 Å². The summed E-state index contributed by atoms with van der Waals surface area (Å²) in [5.74, 6) is -0.963. The monoisotopic (exact) mass is 298 g/mol. The van der Waals surface area contributed by atoms with Gasteiger partial charge in [-0.15, -0.1) is 0 Å². The topological polar surface area (TPSA) is 86.6 Å². The summed E-state index contributed by atoms with van der Waals surface area (Å²) in [4.78, 5) is 23.2. The Hall–Kier alpha value is -1.63. The lowest BCUT2D eigenvalue weighted by Gasteiger charge is -2.13. The van der Waals surface area contributed by atoms with E-state index in [1.54, 1.807) is 12.1 Å². The van der Waals surface area contributed by atoms with Crippen LogP contribution in [0.15, 0.2) is 24.3 Å². The first-order chi connectivity index (χ1) is 9.55. The molecule has 1 aliphatic rings. The van der Waals surface area contributed by atoms with E-state index >= 15 is 0 Å². The average molecular weight is 299 g/mol. The van der Waals surface area contributed by atoms with E-state index in [4.69, 9.17) is 16.3 Å². The molecule has 6 nitrogen and oxygen atoms in total. The van der Waals surface area contributed by atoms with Crippen LogP contribution in [-0.4, -0.2) is 38.4 Å². The highest BCUT2D eigenvalue weighted by Crippen LogP contribution is 2.43. The molecule has 1 aliphatic heterocycles. The number of esters is 1. The molecule has 1 aromatic rings. The van der Waals surface area contributed by atoms with Crippen LogP contribution in [-0.2, 0) is 19.1 Å². The lowest BCUT2D eigenvalue weighted by Crippen LogP contribution is -2.43. The van der Waals surface area contributed by atoms with Crippen molar-refractivity contribution in [2.75, 3.05) is 20.8 Å². The van der Waals surface area contributed by atoms with Gasteiger partial charge in [0.1, 0.15) is 6.54 Å². The first kappa shape index (κ1) is 14.8. The number of ether oxygens (including phenoxy) is 2. The van der Waals surface area contributed by atoms with E-state index in [0.717, 1.165) is 5.56 Å². The van der Waals surface area contributed by atoms with Gasteiger partial charge in [0.15, 0.2) is 0 Å². The number of hydrogen-bond acceptors (Lipinski definition) is 5. The molecule has 1 heterocycles. The Bertz CT molecular complexity index is 537. The van der Waals surface area contributed by atoms with Gasteiger partial charge in [-0.3, -0.25) is 14.9 Å². The molecule has 1 amide bonds. The minimum atomic E-state index is -1.20. The van der Waals surface area contributed by atoms with Gasteiger partial charge in [0.2, 0.25) is 5.72 Å². The second-order valence-corrected chi connectivity index (χ2v) is 4.70. The second kappa shape index (κ2) is 5.78. The van der Waals surface area contributed by atoms with E-state index in [2.05, 4.69) is 15.4 Å². The molecule has 1 saturated heterocycles. The fourth-order valence-corrected chi connectivity index (χ4v) is 2.25. The Morgan fingerprint density at radius 1 is 1.40 bits per heavy atom. The molecule has 2 atom stereocenters. The molecule has 108 valence electrons. The normalized spacial score (nSPS) is 24.1. The number of rotatable bonds is 5. The largest absolute Gasteiger partial charge is 0.468 e. The summed E-state index contributed by atoms with van der Waals surface area (Å²) in [5.41, 5.74) is -0.428. The summed E-state index contributed by atoms with van der Waals surface area (Å²) in [6, 6.07) is 6.84. The fraction of sp³-hybridized carbons (Fsp3) is 0.385. The van der Waals surface area contributed by atoms with Crippen molar-refractivity contribution in [2.45, 2.75) is 11.8 Å². The molecule has 0 spiro atoms. The molecule has 20 heavy (non-hydrogen) atoms. The maximum absolute atomic E-state index is 12.1. The molecule has 0 aromatic heterocycles. The van der Waals surface area contributed by atoms with Crippen molar-refractivity contribution in [3.63, 3.8) is 0 Å². The number of halogens is 1. The summed E-state index contributed by atoms with van der Waals surface area (Å²) < 4.78 is 9.73. The van der Waals surface area contributed by atoms with Crippen LogP contribution < -0.4 is 10.6 Å². The van der Waals surface area contributed by atoms with Crippen LogP contribution >= 0.6 is 11.6 Å². The third-order valence-electron chi connectivity index (χ3n) is 3.18. The number of hydrogen-bond donors (Lipinski definition) is 2. The zero-order valence-electron chi connectivity index (χ0n) is 11.1. The molecule has 7 heteroatoms. The highest BCUT2D eigenvalue weighted by Gasteiger charge is 2.62. The highest BCUT2D eigenvalue weighted by molar-refractivity contribution is 6.31. The SMILES string of the molecule is COC(=O)CNC(=O)[C@@]1(OC)N[C@H]1c1ccccc1Cl. The standard InChI is InChI=1S/C13H15ClN2O4/c1-19-10(17)7-15-12(18)13(20-2)11(16-13)8-5-3-4-6-9(8)14/h3-6,11,16H,7H2,1-2H3,(H,15,18)/t11-,13+/m0/s1. The minimum Gasteiger partial charge on any atom is -0.468 e. The van der Waals surface area contributed by atoms with Crippen molar-refractivity contribution in [3.05, 3.63) is 34.9 Å². The summed E-state index contributed by atoms with van der Waals surface area (Å²) in [6.07, 6.45) is 0. The highest BCUT2D eigenvalue weighted by atomic mass is 35.5. The first-order valence-electron chi connectivity index (χ1n) is 5.97. The summed E-state index contributed by atoms with van der Waals surface area (Å²) >= 11 is 6.10. The van der Waals surface area contributed by atoms with E-state index in [0.29, 0.717) is 5.02 Å². The number of benzene rings is 1. The number of carbonyl (C=O) groups excluding carboxylic acids is 2. The Balaban J connectivity index is 2.08. The quantitative estimate of drug-likeness (QED) is 0.614. The predicted octanol–water partition coefficient (Wildman–Crippen LogP) is 0.616. The van der Waals surface area contributed by atoms with Crippen molar-refractivity contribution in [3.8, 4) is 0 Å². The molecular weight excluding hydrogens is 284 g/mol. The summed E-state index contributed by atoms with van der Waals surface area (Å²) in [5, 5.41) is 5.97. The zero-order chi connectivity index (χ0) is 14.8. The fourth-order valence-electron chi connectivity index (χ4n) is 2.00. The van der Waals surface area contributed by atoms with Crippen LogP contribution in [0, 0.1) is 0 Å². The third kappa shape index (κ3) is 2.63. The molecular formula is C13H15ClN2O4. The smallest absolute Gasteiger partial charge is 0.325 e. The van der Waals surface area contributed by atoms with Crippen molar-refractivity contribution < 1.29 is 19.1 Å². The van der Waals surface area contributed by atoms with E-state index in [1.165, 1.54) is 14.2 Å². The molecule has 2 rings (SSSR count). The molecule has 0 aliphatic carbocycles. The Labute approximate surface area is 121 Å². The maximum atomic E-state index is 12.1. The predicted molar refractivity (Wildman–Crippen MR) is 72.1 cm³/mol. The van der Waals surface area contributed by atoms with Gasteiger partial charge in [-0.05, 0) is 11.6 Å². The van der Waals surface area contributed by atoms with Gasteiger partial charge in [-0.25, -0.2) is 0 Å². The van der Waals surface area contributed by atoms with E-state index in [1.807, 2.05) is 12.1 Å². The number of amides is 1. The van der Waals surface area contributed by atoms with Crippen LogP contribution in [0.1, 0.15) is 11.6 Å². The van der Waals surface area contributed by atoms with E-state index < -0.39 is 17.6 Å². The molecule has 2 N–H and O–H groups in total. The van der Waals surface area contributed by atoms with Crippen LogP contribution in [0.4, 0.5) is 0 Å². The van der Waals surface area contributed by atoms with Gasteiger partial charge >= 0.3 is 5.97 Å². The maximum Gasteiger partial charge on any atom is 0.325 e. The molecule has 1 aromatic carbocycles. The Morgan fingerprint density at radius 3 is 2.70 bits per heavy atom. The number of nitrogens with one attached hydrogen (secondary N) is 2. The average Bonchev–Trinajstić information content (AvgIpc) is 3.20. The Kier molecular flexibility index (Phi) is 4.27. The first-order valence-corrected chi connectivity index (χ1v) is 6.35. The Morgan fingerprint density at radius 2 is 2.10 bits per heavy atom. The molecule has 0 bridgehead atoms.